The van der Waals surface area contributed by atoms with Gasteiger partial charge in [-0.3, -0.25) is 4.79 Å². The maximum absolute atomic E-state index is 11.6. The maximum Gasteiger partial charge on any atom is 0.246 e. The number of carbonyl (C=O) groups excluding carboxylic acids is 1. The van der Waals surface area contributed by atoms with Crippen LogP contribution < -0.4 is 10.6 Å². The Morgan fingerprint density at radius 3 is 2.06 bits per heavy atom. The summed E-state index contributed by atoms with van der Waals surface area (Å²) in [6.07, 6.45) is 4.67. The summed E-state index contributed by atoms with van der Waals surface area (Å²) in [5, 5.41) is 6.32. The van der Waals surface area contributed by atoms with Crippen LogP contribution >= 0.6 is 0 Å². The van der Waals surface area contributed by atoms with Crippen molar-refractivity contribution in [3.05, 3.63) is 12.2 Å². The Kier molecular flexibility index (Phi) is 9.66. The van der Waals surface area contributed by atoms with E-state index in [4.69, 9.17) is 0 Å². The molecule has 0 aliphatic rings. The lowest BCUT2D eigenvalue weighted by molar-refractivity contribution is -0.117. The van der Waals surface area contributed by atoms with Gasteiger partial charge in [0.05, 0.1) is 0 Å². The van der Waals surface area contributed by atoms with E-state index in [0.29, 0.717) is 11.6 Å². The molecule has 3 nitrogen and oxygen atoms in total. The lowest BCUT2D eigenvalue weighted by atomic mass is 10.0. The minimum atomic E-state index is 0.00599. The van der Waals surface area contributed by atoms with Gasteiger partial charge in [0.25, 0.3) is 0 Å². The van der Waals surface area contributed by atoms with Crippen molar-refractivity contribution < 1.29 is 4.79 Å². The van der Waals surface area contributed by atoms with Gasteiger partial charge < -0.3 is 10.6 Å². The monoisotopic (exact) mass is 254 g/mol. The van der Waals surface area contributed by atoms with Crippen LogP contribution in [0.2, 0.25) is 0 Å². The molecule has 3 heteroatoms. The van der Waals surface area contributed by atoms with Crippen LogP contribution in [0.3, 0.4) is 0 Å². The number of carbonyl (C=O) groups is 1. The Balaban J connectivity index is 3.35. The van der Waals surface area contributed by atoms with Crippen LogP contribution in [-0.4, -0.2) is 25.0 Å². The Morgan fingerprint density at radius 2 is 1.56 bits per heavy atom. The third kappa shape index (κ3) is 9.23. The molecule has 0 heterocycles. The average Bonchev–Trinajstić information content (AvgIpc) is 2.30. The third-order valence-electron chi connectivity index (χ3n) is 2.93. The second-order valence-electron chi connectivity index (χ2n) is 5.46. The molecule has 0 rings (SSSR count). The van der Waals surface area contributed by atoms with E-state index in [1.807, 2.05) is 13.8 Å². The van der Waals surface area contributed by atoms with Crippen LogP contribution in [0.5, 0.6) is 0 Å². The molecule has 1 amide bonds. The molecule has 0 bridgehead atoms. The van der Waals surface area contributed by atoms with Crippen LogP contribution in [-0.2, 0) is 4.79 Å². The Hall–Kier alpha value is -0.830. The van der Waals surface area contributed by atoms with Crippen molar-refractivity contribution >= 4 is 5.91 Å². The molecule has 0 saturated heterocycles. The largest absolute Gasteiger partial charge is 0.352 e. The van der Waals surface area contributed by atoms with Gasteiger partial charge in [-0.25, -0.2) is 0 Å². The minimum absolute atomic E-state index is 0.00599. The summed E-state index contributed by atoms with van der Waals surface area (Å²) in [6, 6.07) is 0.575. The zero-order valence-corrected chi connectivity index (χ0v) is 12.5. The molecule has 0 atom stereocenters. The molecule has 0 spiro atoms. The minimum Gasteiger partial charge on any atom is -0.352 e. The molecule has 0 unspecified atom stereocenters. The van der Waals surface area contributed by atoms with Crippen molar-refractivity contribution in [1.82, 2.24) is 10.6 Å². The van der Waals surface area contributed by atoms with Gasteiger partial charge in [0.2, 0.25) is 5.91 Å². The second kappa shape index (κ2) is 10.1. The van der Waals surface area contributed by atoms with Crippen molar-refractivity contribution in [3.8, 4) is 0 Å². The highest BCUT2D eigenvalue weighted by Crippen LogP contribution is 2.06. The van der Waals surface area contributed by atoms with Gasteiger partial charge in [-0.05, 0) is 25.3 Å². The van der Waals surface area contributed by atoms with Crippen molar-refractivity contribution in [3.63, 3.8) is 0 Å². The quantitative estimate of drug-likeness (QED) is 0.465. The summed E-state index contributed by atoms with van der Waals surface area (Å²) < 4.78 is 0. The predicted octanol–water partition coefficient (Wildman–Crippen LogP) is 2.87. The smallest absolute Gasteiger partial charge is 0.246 e. The predicted molar refractivity (Wildman–Crippen MR) is 78.6 cm³/mol. The molecular formula is C15H30N2O. The number of hydrogen-bond acceptors (Lipinski definition) is 2. The van der Waals surface area contributed by atoms with E-state index >= 15 is 0 Å². The van der Waals surface area contributed by atoms with Gasteiger partial charge in [-0.1, -0.05) is 47.1 Å². The van der Waals surface area contributed by atoms with E-state index in [1.54, 1.807) is 0 Å². The number of rotatable bonds is 10. The number of hydrogen-bond donors (Lipinski definition) is 2. The molecule has 0 saturated carbocycles. The van der Waals surface area contributed by atoms with Crippen molar-refractivity contribution in [2.24, 2.45) is 5.92 Å². The molecule has 0 radical (unpaired) electrons. The average molecular weight is 254 g/mol. The molecule has 0 aromatic rings. The van der Waals surface area contributed by atoms with Crippen LogP contribution in [0.15, 0.2) is 12.2 Å². The van der Waals surface area contributed by atoms with Crippen molar-refractivity contribution in [2.75, 3.05) is 13.1 Å². The molecule has 0 aliphatic heterocycles. The molecule has 0 aromatic carbocycles. The highest BCUT2D eigenvalue weighted by Gasteiger charge is 2.09. The molecule has 0 aromatic heterocycles. The zero-order valence-electron chi connectivity index (χ0n) is 12.5. The van der Waals surface area contributed by atoms with Crippen LogP contribution in [0.1, 0.15) is 53.4 Å². The van der Waals surface area contributed by atoms with Crippen molar-refractivity contribution in [2.45, 2.75) is 59.4 Å². The van der Waals surface area contributed by atoms with E-state index in [2.05, 4.69) is 31.1 Å². The number of nitrogens with one attached hydrogen (secondary N) is 2. The fourth-order valence-corrected chi connectivity index (χ4v) is 1.57. The van der Waals surface area contributed by atoms with E-state index < -0.39 is 0 Å². The molecular weight excluding hydrogens is 224 g/mol. The fourth-order valence-electron chi connectivity index (χ4n) is 1.57. The molecule has 18 heavy (non-hydrogen) atoms. The van der Waals surface area contributed by atoms with E-state index in [9.17, 15) is 4.79 Å². The standard InChI is InChI=1S/C15H30N2O/c1-12(2)14(5)15(18)17-11-9-7-6-8-10-16-13(3)4/h12-13,16H,5-11H2,1-4H3,(H,17,18). The SMILES string of the molecule is C=C(C(=O)NCCCCCCNC(C)C)C(C)C. The zero-order chi connectivity index (χ0) is 14.0. The Labute approximate surface area is 112 Å². The van der Waals surface area contributed by atoms with Crippen LogP contribution in [0.25, 0.3) is 0 Å². The summed E-state index contributed by atoms with van der Waals surface area (Å²) in [7, 11) is 0. The van der Waals surface area contributed by atoms with E-state index in [-0.39, 0.29) is 11.8 Å². The van der Waals surface area contributed by atoms with Gasteiger partial charge in [-0.2, -0.15) is 0 Å². The van der Waals surface area contributed by atoms with Crippen molar-refractivity contribution in [1.29, 1.82) is 0 Å². The summed E-state index contributed by atoms with van der Waals surface area (Å²) in [5.41, 5.74) is 0.677. The van der Waals surface area contributed by atoms with E-state index in [1.165, 1.54) is 19.3 Å². The van der Waals surface area contributed by atoms with Crippen LogP contribution in [0, 0.1) is 5.92 Å². The lowest BCUT2D eigenvalue weighted by Crippen LogP contribution is -2.27. The first-order valence-corrected chi connectivity index (χ1v) is 7.15. The first-order chi connectivity index (χ1) is 8.45. The Bertz CT molecular complexity index is 247. The summed E-state index contributed by atoms with van der Waals surface area (Å²) in [5.74, 6) is 0.235. The maximum atomic E-state index is 11.6. The fraction of sp³-hybridized carbons (Fsp3) is 0.800. The van der Waals surface area contributed by atoms with Gasteiger partial charge in [-0.15, -0.1) is 0 Å². The number of unbranched alkanes of at least 4 members (excludes halogenated alkanes) is 3. The molecule has 106 valence electrons. The third-order valence-corrected chi connectivity index (χ3v) is 2.93. The van der Waals surface area contributed by atoms with Gasteiger partial charge in [0, 0.05) is 18.2 Å². The first-order valence-electron chi connectivity index (χ1n) is 7.15. The second-order valence-corrected chi connectivity index (χ2v) is 5.46. The van der Waals surface area contributed by atoms with Gasteiger partial charge >= 0.3 is 0 Å². The normalized spacial score (nSPS) is 11.0. The molecule has 2 N–H and O–H groups in total. The summed E-state index contributed by atoms with van der Waals surface area (Å²) in [6.45, 7) is 14.0. The summed E-state index contributed by atoms with van der Waals surface area (Å²) >= 11 is 0. The number of amides is 1. The first kappa shape index (κ1) is 17.2. The van der Waals surface area contributed by atoms with Crippen LogP contribution in [0.4, 0.5) is 0 Å². The molecule has 0 aliphatic carbocycles. The summed E-state index contributed by atoms with van der Waals surface area (Å²) in [4.78, 5) is 11.6. The molecule has 0 fully saturated rings. The van der Waals surface area contributed by atoms with Gasteiger partial charge in [0.1, 0.15) is 0 Å². The van der Waals surface area contributed by atoms with E-state index in [0.717, 1.165) is 19.5 Å². The highest BCUT2D eigenvalue weighted by molar-refractivity contribution is 5.93. The Morgan fingerprint density at radius 1 is 1.00 bits per heavy atom. The topological polar surface area (TPSA) is 41.1 Å². The van der Waals surface area contributed by atoms with Gasteiger partial charge in [0.15, 0.2) is 0 Å². The highest BCUT2D eigenvalue weighted by atomic mass is 16.1. The lowest BCUT2D eigenvalue weighted by Gasteiger charge is -2.10.